The van der Waals surface area contributed by atoms with Crippen LogP contribution in [0.15, 0.2) is 186 Å². The van der Waals surface area contributed by atoms with Crippen LogP contribution in [0.1, 0.15) is 0 Å². The molecule has 1 heteroatoms. The Morgan fingerprint density at radius 2 is 0.796 bits per heavy atom. The summed E-state index contributed by atoms with van der Waals surface area (Å²) >= 11 is 0. The average molecular weight is 623 g/mol. The van der Waals surface area contributed by atoms with Crippen molar-refractivity contribution in [3.05, 3.63) is 182 Å². The monoisotopic (exact) mass is 622 g/mol. The molecule has 10 aromatic rings. The Morgan fingerprint density at radius 1 is 0.265 bits per heavy atom. The number of hydrogen-bond donors (Lipinski definition) is 0. The molecule has 0 aliphatic carbocycles. The molecule has 0 amide bonds. The molecule has 9 aromatic carbocycles. The molecule has 0 aliphatic rings. The van der Waals surface area contributed by atoms with Gasteiger partial charge in [-0.2, -0.15) is 0 Å². The van der Waals surface area contributed by atoms with Gasteiger partial charge in [-0.1, -0.05) is 158 Å². The molecule has 0 N–H and O–H groups in total. The van der Waals surface area contributed by atoms with Gasteiger partial charge in [-0.3, -0.25) is 0 Å². The number of para-hydroxylation sites is 1. The van der Waals surface area contributed by atoms with E-state index in [-0.39, 0.29) is 0 Å². The van der Waals surface area contributed by atoms with E-state index in [1.807, 2.05) is 12.1 Å². The summed E-state index contributed by atoms with van der Waals surface area (Å²) in [5.41, 5.74) is 11.7. The normalized spacial score (nSPS) is 11.7. The third-order valence-electron chi connectivity index (χ3n) is 10.1. The Morgan fingerprint density at radius 3 is 1.53 bits per heavy atom. The lowest BCUT2D eigenvalue weighted by molar-refractivity contribution is 0.669. The molecule has 0 atom stereocenters. The van der Waals surface area contributed by atoms with Crippen LogP contribution in [0.3, 0.4) is 0 Å². The number of furan rings is 1. The fourth-order valence-electron chi connectivity index (χ4n) is 7.88. The second kappa shape index (κ2) is 11.1. The fraction of sp³-hybridized carbons (Fsp3) is 0. The molecule has 0 saturated heterocycles. The lowest BCUT2D eigenvalue weighted by Gasteiger charge is -2.19. The van der Waals surface area contributed by atoms with E-state index >= 15 is 0 Å². The van der Waals surface area contributed by atoms with Gasteiger partial charge in [0.15, 0.2) is 0 Å². The van der Waals surface area contributed by atoms with Crippen molar-refractivity contribution in [2.45, 2.75) is 0 Å². The van der Waals surface area contributed by atoms with Crippen molar-refractivity contribution >= 4 is 54.3 Å². The molecule has 0 saturated carbocycles. The smallest absolute Gasteiger partial charge is 0.136 e. The molecule has 1 aromatic heterocycles. The number of rotatable bonds is 4. The topological polar surface area (TPSA) is 13.1 Å². The van der Waals surface area contributed by atoms with E-state index in [1.54, 1.807) is 0 Å². The fourth-order valence-corrected chi connectivity index (χ4v) is 7.88. The number of benzene rings is 9. The summed E-state index contributed by atoms with van der Waals surface area (Å²) in [4.78, 5) is 0. The molecule has 0 spiro atoms. The van der Waals surface area contributed by atoms with Crippen LogP contribution in [-0.4, -0.2) is 0 Å². The van der Waals surface area contributed by atoms with Crippen molar-refractivity contribution in [1.29, 1.82) is 0 Å². The van der Waals surface area contributed by atoms with Crippen molar-refractivity contribution in [3.8, 4) is 44.5 Å². The van der Waals surface area contributed by atoms with E-state index in [4.69, 9.17) is 4.42 Å². The van der Waals surface area contributed by atoms with E-state index in [0.29, 0.717) is 0 Å². The van der Waals surface area contributed by atoms with Gasteiger partial charge >= 0.3 is 0 Å². The van der Waals surface area contributed by atoms with Gasteiger partial charge in [-0.15, -0.1) is 0 Å². The van der Waals surface area contributed by atoms with E-state index in [1.165, 1.54) is 71.3 Å². The van der Waals surface area contributed by atoms with Gasteiger partial charge in [-0.05, 0) is 101 Å². The van der Waals surface area contributed by atoms with E-state index < -0.39 is 0 Å². The molecule has 0 aliphatic heterocycles. The van der Waals surface area contributed by atoms with E-state index in [0.717, 1.165) is 27.5 Å². The molecule has 0 bridgehead atoms. The highest BCUT2D eigenvalue weighted by atomic mass is 16.3. The van der Waals surface area contributed by atoms with Crippen molar-refractivity contribution in [2.24, 2.45) is 0 Å². The lowest BCUT2D eigenvalue weighted by Crippen LogP contribution is -1.92. The minimum atomic E-state index is 0.912. The Labute approximate surface area is 284 Å². The van der Waals surface area contributed by atoms with Gasteiger partial charge in [0, 0.05) is 10.8 Å². The van der Waals surface area contributed by atoms with Crippen molar-refractivity contribution in [1.82, 2.24) is 0 Å². The predicted molar refractivity (Wildman–Crippen MR) is 208 cm³/mol. The maximum absolute atomic E-state index is 6.35. The highest BCUT2D eigenvalue weighted by molar-refractivity contribution is 6.24. The van der Waals surface area contributed by atoms with Gasteiger partial charge in [0.05, 0.1) is 0 Å². The molecular weight excluding hydrogens is 593 g/mol. The average Bonchev–Trinajstić information content (AvgIpc) is 3.55. The van der Waals surface area contributed by atoms with Gasteiger partial charge in [0.2, 0.25) is 0 Å². The standard InChI is InChI=1S/C48H30O/c1-2-13-31(14-3-1)35-16-4-5-17-36(35)33-25-27-37-32(29-33)15-12-23-40(37)48-43-21-8-6-19-41(43)47(42-20-7-9-22-44(42)48)34-26-28-39-38-18-10-11-24-45(38)49-46(39)30-34/h1-30H. The highest BCUT2D eigenvalue weighted by Crippen LogP contribution is 2.46. The Bertz CT molecular complexity index is 2820. The molecule has 49 heavy (non-hydrogen) atoms. The molecule has 10 rings (SSSR count). The zero-order valence-corrected chi connectivity index (χ0v) is 26.7. The molecule has 228 valence electrons. The van der Waals surface area contributed by atoms with Crippen molar-refractivity contribution in [3.63, 3.8) is 0 Å². The van der Waals surface area contributed by atoms with Gasteiger partial charge < -0.3 is 4.42 Å². The summed E-state index contributed by atoms with van der Waals surface area (Å²) in [6.45, 7) is 0. The van der Waals surface area contributed by atoms with Gasteiger partial charge in [-0.25, -0.2) is 0 Å². The van der Waals surface area contributed by atoms with E-state index in [2.05, 4.69) is 170 Å². The summed E-state index contributed by atoms with van der Waals surface area (Å²) < 4.78 is 6.35. The van der Waals surface area contributed by atoms with Gasteiger partial charge in [0.1, 0.15) is 11.2 Å². The first-order chi connectivity index (χ1) is 24.3. The first-order valence-corrected chi connectivity index (χ1v) is 16.8. The van der Waals surface area contributed by atoms with Gasteiger partial charge in [0.25, 0.3) is 0 Å². The third kappa shape index (κ3) is 4.40. The zero-order valence-electron chi connectivity index (χ0n) is 26.7. The largest absolute Gasteiger partial charge is 0.456 e. The number of fused-ring (bicyclic) bond motifs is 6. The van der Waals surface area contributed by atoms with Crippen LogP contribution in [0.5, 0.6) is 0 Å². The van der Waals surface area contributed by atoms with Crippen LogP contribution in [0, 0.1) is 0 Å². The quantitative estimate of drug-likeness (QED) is 0.178. The summed E-state index contributed by atoms with van der Waals surface area (Å²) in [5, 5.41) is 9.72. The van der Waals surface area contributed by atoms with Crippen molar-refractivity contribution < 1.29 is 4.42 Å². The maximum atomic E-state index is 6.35. The minimum absolute atomic E-state index is 0.912. The first-order valence-electron chi connectivity index (χ1n) is 16.8. The maximum Gasteiger partial charge on any atom is 0.136 e. The molecule has 0 fully saturated rings. The summed E-state index contributed by atoms with van der Waals surface area (Å²) in [6.07, 6.45) is 0. The summed E-state index contributed by atoms with van der Waals surface area (Å²) in [7, 11) is 0. The Kier molecular flexibility index (Phi) is 6.25. The van der Waals surface area contributed by atoms with E-state index in [9.17, 15) is 0 Å². The summed E-state index contributed by atoms with van der Waals surface area (Å²) in [5.74, 6) is 0. The first kappa shape index (κ1) is 27.7. The van der Waals surface area contributed by atoms with Crippen LogP contribution in [-0.2, 0) is 0 Å². The SMILES string of the molecule is c1ccc(-c2ccccc2-c2ccc3c(-c4c5ccccc5c(-c5ccc6c(c5)oc5ccccc56)c5ccccc45)cccc3c2)cc1. The molecule has 1 nitrogen and oxygen atoms in total. The second-order valence-corrected chi connectivity index (χ2v) is 12.8. The van der Waals surface area contributed by atoms with Crippen LogP contribution >= 0.6 is 0 Å². The minimum Gasteiger partial charge on any atom is -0.456 e. The number of hydrogen-bond acceptors (Lipinski definition) is 1. The van der Waals surface area contributed by atoms with Crippen LogP contribution in [0.25, 0.3) is 98.8 Å². The molecule has 0 radical (unpaired) electrons. The zero-order chi connectivity index (χ0) is 32.3. The van der Waals surface area contributed by atoms with Crippen LogP contribution in [0.2, 0.25) is 0 Å². The Balaban J connectivity index is 1.20. The summed E-state index contributed by atoms with van der Waals surface area (Å²) in [6, 6.07) is 65.8. The third-order valence-corrected chi connectivity index (χ3v) is 10.1. The van der Waals surface area contributed by atoms with Crippen LogP contribution < -0.4 is 0 Å². The molecular formula is C48H30O. The van der Waals surface area contributed by atoms with Crippen LogP contribution in [0.4, 0.5) is 0 Å². The predicted octanol–water partition coefficient (Wildman–Crippen LogP) is 13.7. The Hall–Kier alpha value is -6.44. The molecule has 1 heterocycles. The lowest BCUT2D eigenvalue weighted by atomic mass is 9.84. The highest BCUT2D eigenvalue weighted by Gasteiger charge is 2.19. The molecule has 0 unspecified atom stereocenters. The second-order valence-electron chi connectivity index (χ2n) is 12.8. The van der Waals surface area contributed by atoms with Crippen molar-refractivity contribution in [2.75, 3.05) is 0 Å².